The lowest BCUT2D eigenvalue weighted by Gasteiger charge is -2.18. The molecule has 0 atom stereocenters. The summed E-state index contributed by atoms with van der Waals surface area (Å²) in [7, 11) is 1.66. The number of methoxy groups -OCH3 is 1. The molecule has 0 saturated heterocycles. The van der Waals surface area contributed by atoms with Gasteiger partial charge in [0.25, 0.3) is 0 Å². The lowest BCUT2D eigenvalue weighted by Crippen LogP contribution is -2.35. The summed E-state index contributed by atoms with van der Waals surface area (Å²) >= 11 is 0. The van der Waals surface area contributed by atoms with Crippen molar-refractivity contribution in [3.05, 3.63) is 0 Å². The normalized spacial score (nSPS) is 11.4. The van der Waals surface area contributed by atoms with Crippen molar-refractivity contribution in [1.82, 2.24) is 10.6 Å². The van der Waals surface area contributed by atoms with Crippen LogP contribution in [0.4, 0.5) is 0 Å². The zero-order valence-electron chi connectivity index (χ0n) is 13.4. The van der Waals surface area contributed by atoms with Crippen molar-refractivity contribution in [3.63, 3.8) is 0 Å². The lowest BCUT2D eigenvalue weighted by molar-refractivity contribution is 0.0218. The van der Waals surface area contributed by atoms with Crippen LogP contribution in [0.3, 0.4) is 0 Å². The van der Waals surface area contributed by atoms with Crippen LogP contribution in [0.2, 0.25) is 0 Å². The summed E-state index contributed by atoms with van der Waals surface area (Å²) in [5.74, 6) is 0.525. The molecule has 0 radical (unpaired) electrons. The zero-order valence-corrected chi connectivity index (χ0v) is 13.4. The van der Waals surface area contributed by atoms with E-state index in [0.29, 0.717) is 45.4 Å². The minimum atomic E-state index is 0.525. The molecule has 0 aromatic heterocycles. The van der Waals surface area contributed by atoms with Crippen LogP contribution >= 0.6 is 0 Å². The van der Waals surface area contributed by atoms with E-state index in [9.17, 15) is 0 Å². The molecule has 0 aliphatic carbocycles. The standard InChI is InChI=1S/C14H34N4O3/c1-19-8-9-21-11-10-20-7-2-14(12-17-5-3-15)13-18-6-4-16/h14,17-18H,2-13,15-16H2,1H3. The Morgan fingerprint density at radius 1 is 0.810 bits per heavy atom. The molecule has 21 heavy (non-hydrogen) atoms. The van der Waals surface area contributed by atoms with Gasteiger partial charge in [-0.2, -0.15) is 0 Å². The van der Waals surface area contributed by atoms with Crippen LogP contribution < -0.4 is 22.1 Å². The Morgan fingerprint density at radius 3 is 1.86 bits per heavy atom. The Labute approximate surface area is 129 Å². The summed E-state index contributed by atoms with van der Waals surface area (Å²) in [5.41, 5.74) is 11.0. The van der Waals surface area contributed by atoms with E-state index >= 15 is 0 Å². The minimum absolute atomic E-state index is 0.525. The van der Waals surface area contributed by atoms with Crippen LogP contribution in [0.25, 0.3) is 0 Å². The maximum Gasteiger partial charge on any atom is 0.0701 e. The highest BCUT2D eigenvalue weighted by atomic mass is 16.5. The summed E-state index contributed by atoms with van der Waals surface area (Å²) in [5, 5.41) is 6.69. The Balaban J connectivity index is 3.54. The van der Waals surface area contributed by atoms with Gasteiger partial charge >= 0.3 is 0 Å². The second-order valence-electron chi connectivity index (χ2n) is 4.86. The van der Waals surface area contributed by atoms with E-state index in [2.05, 4.69) is 10.6 Å². The molecule has 0 spiro atoms. The van der Waals surface area contributed by atoms with Gasteiger partial charge in [0.1, 0.15) is 0 Å². The van der Waals surface area contributed by atoms with Gasteiger partial charge < -0.3 is 36.3 Å². The van der Waals surface area contributed by atoms with Gasteiger partial charge in [-0.15, -0.1) is 0 Å². The van der Waals surface area contributed by atoms with E-state index < -0.39 is 0 Å². The van der Waals surface area contributed by atoms with Crippen molar-refractivity contribution in [3.8, 4) is 0 Å². The summed E-state index contributed by atoms with van der Waals surface area (Å²) in [6.07, 6.45) is 1.01. The van der Waals surface area contributed by atoms with Gasteiger partial charge in [0.2, 0.25) is 0 Å². The van der Waals surface area contributed by atoms with Crippen molar-refractivity contribution in [2.45, 2.75) is 6.42 Å². The van der Waals surface area contributed by atoms with E-state index in [1.807, 2.05) is 0 Å². The predicted molar refractivity (Wildman–Crippen MR) is 85.5 cm³/mol. The molecule has 0 aromatic rings. The van der Waals surface area contributed by atoms with Gasteiger partial charge in [-0.25, -0.2) is 0 Å². The van der Waals surface area contributed by atoms with Crippen LogP contribution in [0.1, 0.15) is 6.42 Å². The van der Waals surface area contributed by atoms with Crippen molar-refractivity contribution in [1.29, 1.82) is 0 Å². The first-order valence-corrected chi connectivity index (χ1v) is 7.81. The summed E-state index contributed by atoms with van der Waals surface area (Å²) < 4.78 is 15.8. The SMILES string of the molecule is COCCOCCOCCC(CNCCN)CNCCN. The molecule has 0 bridgehead atoms. The molecule has 6 N–H and O–H groups in total. The molecule has 0 aliphatic rings. The van der Waals surface area contributed by atoms with Crippen molar-refractivity contribution in [2.24, 2.45) is 17.4 Å². The molecule has 7 heteroatoms. The molecule has 0 fully saturated rings. The molecule has 0 aromatic carbocycles. The third-order valence-corrected chi connectivity index (χ3v) is 2.98. The molecular weight excluding hydrogens is 272 g/mol. The summed E-state index contributed by atoms with van der Waals surface area (Å²) in [6.45, 7) is 8.15. The van der Waals surface area contributed by atoms with Gasteiger partial charge in [-0.05, 0) is 25.4 Å². The number of nitrogens with two attached hydrogens (primary N) is 2. The number of hydrogen-bond donors (Lipinski definition) is 4. The quantitative estimate of drug-likeness (QED) is 0.249. The van der Waals surface area contributed by atoms with Crippen LogP contribution in [0.15, 0.2) is 0 Å². The Morgan fingerprint density at radius 2 is 1.33 bits per heavy atom. The smallest absolute Gasteiger partial charge is 0.0701 e. The third kappa shape index (κ3) is 15.9. The molecule has 0 unspecified atom stereocenters. The highest BCUT2D eigenvalue weighted by molar-refractivity contribution is 4.66. The van der Waals surface area contributed by atoms with Crippen LogP contribution in [-0.2, 0) is 14.2 Å². The van der Waals surface area contributed by atoms with Gasteiger partial charge in [-0.1, -0.05) is 0 Å². The number of hydrogen-bond acceptors (Lipinski definition) is 7. The van der Waals surface area contributed by atoms with E-state index in [-0.39, 0.29) is 0 Å². The highest BCUT2D eigenvalue weighted by Gasteiger charge is 2.07. The Bertz CT molecular complexity index is 189. The van der Waals surface area contributed by atoms with Gasteiger partial charge in [0, 0.05) is 39.9 Å². The zero-order chi connectivity index (χ0) is 15.6. The molecular formula is C14H34N4O3. The van der Waals surface area contributed by atoms with Crippen molar-refractivity contribution >= 4 is 0 Å². The predicted octanol–water partition coefficient (Wildman–Crippen LogP) is -1.23. The Kier molecular flexibility index (Phi) is 17.5. The van der Waals surface area contributed by atoms with Crippen molar-refractivity contribution in [2.75, 3.05) is 79.4 Å². The maximum atomic E-state index is 5.59. The lowest BCUT2D eigenvalue weighted by atomic mass is 10.1. The van der Waals surface area contributed by atoms with Gasteiger partial charge in [-0.3, -0.25) is 0 Å². The Hall–Kier alpha value is -0.280. The van der Waals surface area contributed by atoms with Crippen LogP contribution in [0.5, 0.6) is 0 Å². The fraction of sp³-hybridized carbons (Fsp3) is 1.00. The number of ether oxygens (including phenoxy) is 3. The topological polar surface area (TPSA) is 104 Å². The van der Waals surface area contributed by atoms with E-state index in [4.69, 9.17) is 25.7 Å². The average molecular weight is 306 g/mol. The second-order valence-corrected chi connectivity index (χ2v) is 4.86. The maximum absolute atomic E-state index is 5.59. The fourth-order valence-electron chi connectivity index (χ4n) is 1.81. The first kappa shape index (κ1) is 20.7. The first-order chi connectivity index (χ1) is 10.3. The van der Waals surface area contributed by atoms with Crippen LogP contribution in [0, 0.1) is 5.92 Å². The molecule has 7 nitrogen and oxygen atoms in total. The monoisotopic (exact) mass is 306 g/mol. The van der Waals surface area contributed by atoms with Crippen molar-refractivity contribution < 1.29 is 14.2 Å². The second kappa shape index (κ2) is 17.8. The summed E-state index contributed by atoms with van der Waals surface area (Å²) in [4.78, 5) is 0. The largest absolute Gasteiger partial charge is 0.382 e. The molecule has 0 aliphatic heterocycles. The van der Waals surface area contributed by atoms with E-state index in [1.54, 1.807) is 7.11 Å². The fourth-order valence-corrected chi connectivity index (χ4v) is 1.81. The molecule has 0 amide bonds. The van der Waals surface area contributed by atoms with Gasteiger partial charge in [0.15, 0.2) is 0 Å². The average Bonchev–Trinajstić information content (AvgIpc) is 2.49. The number of nitrogens with one attached hydrogen (secondary N) is 2. The highest BCUT2D eigenvalue weighted by Crippen LogP contribution is 2.01. The molecule has 0 saturated carbocycles. The minimum Gasteiger partial charge on any atom is -0.382 e. The van der Waals surface area contributed by atoms with Crippen LogP contribution in [-0.4, -0.2) is 79.4 Å². The van der Waals surface area contributed by atoms with E-state index in [0.717, 1.165) is 39.2 Å². The molecule has 0 rings (SSSR count). The first-order valence-electron chi connectivity index (χ1n) is 7.81. The summed E-state index contributed by atoms with van der Waals surface area (Å²) in [6, 6.07) is 0. The molecule has 0 heterocycles. The number of rotatable bonds is 17. The van der Waals surface area contributed by atoms with E-state index in [1.165, 1.54) is 0 Å². The van der Waals surface area contributed by atoms with Gasteiger partial charge in [0.05, 0.1) is 26.4 Å². The third-order valence-electron chi connectivity index (χ3n) is 2.98. The molecule has 128 valence electrons.